The Bertz CT molecular complexity index is 62.6. The van der Waals surface area contributed by atoms with E-state index in [0.29, 0.717) is 0 Å². The molecular weight excluding hydrogens is 202 g/mol. The van der Waals surface area contributed by atoms with Crippen molar-refractivity contribution in [3.63, 3.8) is 0 Å². The van der Waals surface area contributed by atoms with E-state index in [1.807, 2.05) is 0 Å². The third-order valence-corrected chi connectivity index (χ3v) is 0.719. The van der Waals surface area contributed by atoms with Crippen molar-refractivity contribution in [1.82, 2.24) is 0 Å². The first kappa shape index (κ1) is 6.13. The van der Waals surface area contributed by atoms with Crippen LogP contribution in [0.25, 0.3) is 0 Å². The molecule has 0 aliphatic heterocycles. The van der Waals surface area contributed by atoms with E-state index in [-0.39, 0.29) is 0 Å². The van der Waals surface area contributed by atoms with Gasteiger partial charge in [0.1, 0.15) is 0 Å². The zero-order valence-corrected chi connectivity index (χ0v) is 4.85. The highest BCUT2D eigenvalue weighted by molar-refractivity contribution is 14.1. The van der Waals surface area contributed by atoms with Gasteiger partial charge >= 0.3 is 5.97 Å². The van der Waals surface area contributed by atoms with Crippen molar-refractivity contribution in [1.29, 1.82) is 0 Å². The Morgan fingerprint density at radius 3 is 2.17 bits per heavy atom. The van der Waals surface area contributed by atoms with Crippen LogP contribution >= 0.6 is 22.6 Å². The fourth-order valence-electron chi connectivity index (χ4n) is 0. The van der Waals surface area contributed by atoms with Gasteiger partial charge in [-0.1, -0.05) is 0 Å². The lowest BCUT2D eigenvalue weighted by Gasteiger charge is -1.83. The molecule has 0 amide bonds. The first-order valence-electron chi connectivity index (χ1n) is 1.15. The molecule has 0 saturated carbocycles. The predicted molar refractivity (Wildman–Crippen MR) is 26.6 cm³/mol. The van der Waals surface area contributed by atoms with E-state index in [0.717, 1.165) is 0 Å². The molecule has 4 heteroatoms. The van der Waals surface area contributed by atoms with Gasteiger partial charge in [-0.05, 0) is 22.6 Å². The monoisotopic (exact) mass is 204 g/mol. The van der Waals surface area contributed by atoms with Crippen molar-refractivity contribution in [2.45, 2.75) is 4.18 Å². The lowest BCUT2D eigenvalue weighted by Crippen LogP contribution is -2.04. The van der Waals surface area contributed by atoms with Crippen molar-refractivity contribution in [3.8, 4) is 0 Å². The minimum Gasteiger partial charge on any atom is -0.478 e. The largest absolute Gasteiger partial charge is 0.478 e. The standard InChI is InChI=1S/C2H2FIO2/c3-1(4)2(5)6/h1H,(H,5,6)/t1-/m1/s1. The molecular formula is C2H2FIO2. The molecule has 2 nitrogen and oxygen atoms in total. The lowest BCUT2D eigenvalue weighted by atomic mass is 10.8. The second-order valence-corrected chi connectivity index (χ2v) is 1.73. The fraction of sp³-hybridized carbons (Fsp3) is 0.500. The Kier molecular flexibility index (Phi) is 2.38. The van der Waals surface area contributed by atoms with Gasteiger partial charge in [-0.2, -0.15) is 0 Å². The first-order valence-corrected chi connectivity index (χ1v) is 2.40. The minimum atomic E-state index is -1.76. The van der Waals surface area contributed by atoms with E-state index >= 15 is 0 Å². The molecule has 6 heavy (non-hydrogen) atoms. The Morgan fingerprint density at radius 1 is 2.00 bits per heavy atom. The first-order chi connectivity index (χ1) is 2.64. The third kappa shape index (κ3) is 2.37. The molecule has 0 aromatic heterocycles. The van der Waals surface area contributed by atoms with Crippen molar-refractivity contribution in [2.24, 2.45) is 0 Å². The summed E-state index contributed by atoms with van der Waals surface area (Å²) in [5.41, 5.74) is 0. The van der Waals surface area contributed by atoms with Gasteiger partial charge in [0.05, 0.1) is 0 Å². The van der Waals surface area contributed by atoms with E-state index in [4.69, 9.17) is 5.11 Å². The average molecular weight is 204 g/mol. The molecule has 0 aromatic rings. The second-order valence-electron chi connectivity index (χ2n) is 0.639. The predicted octanol–water partition coefficient (Wildman–Crippen LogP) is 0.802. The molecule has 1 N–H and O–H groups in total. The van der Waals surface area contributed by atoms with Crippen molar-refractivity contribution in [3.05, 3.63) is 0 Å². The topological polar surface area (TPSA) is 37.3 Å². The van der Waals surface area contributed by atoms with Gasteiger partial charge in [-0.15, -0.1) is 0 Å². The number of carbonyl (C=O) groups is 1. The quantitative estimate of drug-likeness (QED) is 0.506. The van der Waals surface area contributed by atoms with Crippen molar-refractivity contribution >= 4 is 28.6 Å². The van der Waals surface area contributed by atoms with Crippen LogP contribution in [0.5, 0.6) is 0 Å². The van der Waals surface area contributed by atoms with Crippen molar-refractivity contribution in [2.75, 3.05) is 0 Å². The molecule has 0 saturated heterocycles. The molecule has 0 unspecified atom stereocenters. The highest BCUT2D eigenvalue weighted by Crippen LogP contribution is 1.98. The van der Waals surface area contributed by atoms with Crippen LogP contribution < -0.4 is 0 Å². The van der Waals surface area contributed by atoms with Gasteiger partial charge in [0, 0.05) is 0 Å². The Balaban J connectivity index is 3.26. The van der Waals surface area contributed by atoms with Gasteiger partial charge in [0.25, 0.3) is 0 Å². The molecule has 0 spiro atoms. The van der Waals surface area contributed by atoms with Crippen LogP contribution in [-0.4, -0.2) is 15.3 Å². The summed E-state index contributed by atoms with van der Waals surface area (Å²) in [5.74, 6) is -1.42. The fourth-order valence-corrected chi connectivity index (χ4v) is 0. The smallest absolute Gasteiger partial charge is 0.348 e. The van der Waals surface area contributed by atoms with Crippen LogP contribution in [-0.2, 0) is 4.79 Å². The molecule has 0 fully saturated rings. The highest BCUT2D eigenvalue weighted by atomic mass is 127. The van der Waals surface area contributed by atoms with Gasteiger partial charge < -0.3 is 5.11 Å². The van der Waals surface area contributed by atoms with Crippen LogP contribution in [0.3, 0.4) is 0 Å². The zero-order valence-electron chi connectivity index (χ0n) is 2.69. The van der Waals surface area contributed by atoms with Crippen LogP contribution in [0.4, 0.5) is 4.39 Å². The second kappa shape index (κ2) is 2.33. The summed E-state index contributed by atoms with van der Waals surface area (Å²) in [6.45, 7) is 0. The third-order valence-electron chi connectivity index (χ3n) is 0.187. The summed E-state index contributed by atoms with van der Waals surface area (Å²) in [4.78, 5) is 9.32. The van der Waals surface area contributed by atoms with E-state index in [1.54, 1.807) is 0 Å². The van der Waals surface area contributed by atoms with E-state index in [1.165, 1.54) is 22.6 Å². The number of rotatable bonds is 1. The average Bonchev–Trinajstić information content (AvgIpc) is 1.36. The van der Waals surface area contributed by atoms with E-state index in [9.17, 15) is 9.18 Å². The summed E-state index contributed by atoms with van der Waals surface area (Å²) in [6, 6.07) is 0. The number of halogens is 2. The Morgan fingerprint density at radius 2 is 2.17 bits per heavy atom. The van der Waals surface area contributed by atoms with Crippen LogP contribution in [0.15, 0.2) is 0 Å². The summed E-state index contributed by atoms with van der Waals surface area (Å²) in [6.07, 6.45) is 0. The summed E-state index contributed by atoms with van der Waals surface area (Å²) in [7, 11) is 0. The lowest BCUT2D eigenvalue weighted by molar-refractivity contribution is -0.138. The minimum absolute atomic E-state index is 1.17. The summed E-state index contributed by atoms with van der Waals surface area (Å²) < 4.78 is 9.45. The number of alkyl halides is 2. The number of carboxylic acids is 1. The SMILES string of the molecule is O=C(O)[C@H](F)I. The van der Waals surface area contributed by atoms with Gasteiger partial charge in [0.15, 0.2) is 0 Å². The number of aliphatic carboxylic acids is 1. The van der Waals surface area contributed by atoms with Crippen molar-refractivity contribution < 1.29 is 14.3 Å². The molecule has 1 atom stereocenters. The normalized spacial score (nSPS) is 13.7. The number of hydrogen-bond acceptors (Lipinski definition) is 1. The Hall–Kier alpha value is 0.130. The molecule has 0 bridgehead atoms. The molecule has 36 valence electrons. The Labute approximate surface area is 47.5 Å². The maximum Gasteiger partial charge on any atom is 0.348 e. The van der Waals surface area contributed by atoms with Gasteiger partial charge in [0.2, 0.25) is 4.18 Å². The summed E-state index contributed by atoms with van der Waals surface area (Å²) >= 11 is 1.17. The molecule has 0 radical (unpaired) electrons. The molecule has 0 aliphatic carbocycles. The number of carboxylic acid groups (broad SMARTS) is 1. The maximum absolute atomic E-state index is 11.2. The van der Waals surface area contributed by atoms with Crippen LogP contribution in [0.2, 0.25) is 0 Å². The molecule has 0 heterocycles. The number of hydrogen-bond donors (Lipinski definition) is 1. The van der Waals surface area contributed by atoms with E-state index < -0.39 is 10.1 Å². The summed E-state index contributed by atoms with van der Waals surface area (Å²) in [5, 5.41) is 7.61. The van der Waals surface area contributed by atoms with Crippen LogP contribution in [0, 0.1) is 0 Å². The van der Waals surface area contributed by atoms with Gasteiger partial charge in [-0.3, -0.25) is 0 Å². The maximum atomic E-state index is 11.2. The molecule has 0 aliphatic rings. The zero-order chi connectivity index (χ0) is 5.15. The molecule has 0 rings (SSSR count). The highest BCUT2D eigenvalue weighted by Gasteiger charge is 2.07. The van der Waals surface area contributed by atoms with Crippen LogP contribution in [0.1, 0.15) is 0 Å². The molecule has 0 aromatic carbocycles. The van der Waals surface area contributed by atoms with Gasteiger partial charge in [-0.25, -0.2) is 9.18 Å². The van der Waals surface area contributed by atoms with E-state index in [2.05, 4.69) is 0 Å².